The average Bonchev–Trinajstić information content (AvgIpc) is 2.77. The minimum Gasteiger partial charge on any atom is -0.323 e. The SMILES string of the molecule is CC(=O)c1cccc(NC(=O)N(C)Cc2cn(C)nc2C)c1. The molecule has 1 aromatic heterocycles. The van der Waals surface area contributed by atoms with Gasteiger partial charge in [0.25, 0.3) is 0 Å². The van der Waals surface area contributed by atoms with Crippen molar-refractivity contribution in [3.05, 3.63) is 47.3 Å². The van der Waals surface area contributed by atoms with Gasteiger partial charge in [0.05, 0.1) is 12.2 Å². The van der Waals surface area contributed by atoms with Gasteiger partial charge in [-0.05, 0) is 26.0 Å². The summed E-state index contributed by atoms with van der Waals surface area (Å²) in [7, 11) is 3.57. The molecule has 0 aliphatic rings. The molecule has 2 amide bonds. The first kappa shape index (κ1) is 15.8. The third kappa shape index (κ3) is 3.72. The Hall–Kier alpha value is -2.63. The first-order chi connectivity index (χ1) is 10.4. The summed E-state index contributed by atoms with van der Waals surface area (Å²) in [6, 6.07) is 6.67. The Bertz CT molecular complexity index is 706. The van der Waals surface area contributed by atoms with E-state index in [9.17, 15) is 9.59 Å². The molecule has 0 radical (unpaired) electrons. The highest BCUT2D eigenvalue weighted by molar-refractivity contribution is 5.96. The second kappa shape index (κ2) is 6.43. The van der Waals surface area contributed by atoms with Gasteiger partial charge in [-0.3, -0.25) is 9.48 Å². The van der Waals surface area contributed by atoms with Crippen LogP contribution in [-0.4, -0.2) is 33.5 Å². The van der Waals surface area contributed by atoms with Crippen LogP contribution < -0.4 is 5.32 Å². The summed E-state index contributed by atoms with van der Waals surface area (Å²) in [5, 5.41) is 7.05. The maximum absolute atomic E-state index is 12.2. The summed E-state index contributed by atoms with van der Waals surface area (Å²) in [4.78, 5) is 25.2. The molecule has 22 heavy (non-hydrogen) atoms. The molecule has 1 N–H and O–H groups in total. The Balaban J connectivity index is 2.04. The van der Waals surface area contributed by atoms with Gasteiger partial charge in [-0.1, -0.05) is 12.1 Å². The van der Waals surface area contributed by atoms with Crippen molar-refractivity contribution in [3.63, 3.8) is 0 Å². The van der Waals surface area contributed by atoms with Crippen molar-refractivity contribution < 1.29 is 9.59 Å². The molecule has 0 saturated carbocycles. The van der Waals surface area contributed by atoms with Crippen LogP contribution in [0.2, 0.25) is 0 Å². The molecule has 0 atom stereocenters. The van der Waals surface area contributed by atoms with Crippen molar-refractivity contribution in [2.45, 2.75) is 20.4 Å². The van der Waals surface area contributed by atoms with E-state index in [0.29, 0.717) is 17.8 Å². The van der Waals surface area contributed by atoms with Crippen molar-refractivity contribution in [2.75, 3.05) is 12.4 Å². The fraction of sp³-hybridized carbons (Fsp3) is 0.312. The van der Waals surface area contributed by atoms with Crippen LogP contribution in [0.25, 0.3) is 0 Å². The van der Waals surface area contributed by atoms with Crippen LogP contribution in [0.5, 0.6) is 0 Å². The van der Waals surface area contributed by atoms with E-state index in [1.165, 1.54) is 6.92 Å². The molecule has 0 unspecified atom stereocenters. The van der Waals surface area contributed by atoms with Crippen LogP contribution in [0.15, 0.2) is 30.5 Å². The number of aromatic nitrogens is 2. The first-order valence-corrected chi connectivity index (χ1v) is 6.99. The van der Waals surface area contributed by atoms with E-state index in [0.717, 1.165) is 11.3 Å². The zero-order valence-electron chi connectivity index (χ0n) is 13.3. The highest BCUT2D eigenvalue weighted by Gasteiger charge is 2.13. The number of rotatable bonds is 4. The Morgan fingerprint density at radius 3 is 2.68 bits per heavy atom. The van der Waals surface area contributed by atoms with Crippen molar-refractivity contribution in [2.24, 2.45) is 7.05 Å². The van der Waals surface area contributed by atoms with Crippen molar-refractivity contribution >= 4 is 17.5 Å². The number of carbonyl (C=O) groups excluding carboxylic acids is 2. The number of Topliss-reactive ketones (excluding diaryl/α,β-unsaturated/α-hetero) is 1. The van der Waals surface area contributed by atoms with Gasteiger partial charge in [-0.15, -0.1) is 0 Å². The minimum atomic E-state index is -0.232. The fourth-order valence-electron chi connectivity index (χ4n) is 2.17. The van der Waals surface area contributed by atoms with E-state index in [-0.39, 0.29) is 11.8 Å². The molecule has 2 rings (SSSR count). The largest absolute Gasteiger partial charge is 0.323 e. The summed E-state index contributed by atoms with van der Waals surface area (Å²) in [5.74, 6) is -0.0320. The first-order valence-electron chi connectivity index (χ1n) is 6.99. The second-order valence-corrected chi connectivity index (χ2v) is 5.34. The summed E-state index contributed by atoms with van der Waals surface area (Å²) in [5.41, 5.74) is 3.08. The lowest BCUT2D eigenvalue weighted by molar-refractivity contribution is 0.101. The predicted octanol–water partition coefficient (Wildman–Crippen LogP) is 2.60. The summed E-state index contributed by atoms with van der Waals surface area (Å²) < 4.78 is 1.73. The fourth-order valence-corrected chi connectivity index (χ4v) is 2.17. The summed E-state index contributed by atoms with van der Waals surface area (Å²) in [6.07, 6.45) is 1.90. The number of nitrogens with one attached hydrogen (secondary N) is 1. The van der Waals surface area contributed by atoms with E-state index in [4.69, 9.17) is 0 Å². The molecule has 0 aliphatic heterocycles. The molecule has 0 spiro atoms. The quantitative estimate of drug-likeness (QED) is 0.883. The number of amides is 2. The van der Waals surface area contributed by atoms with Gasteiger partial charge in [0.1, 0.15) is 0 Å². The lowest BCUT2D eigenvalue weighted by Crippen LogP contribution is -2.31. The van der Waals surface area contributed by atoms with Gasteiger partial charge in [0.15, 0.2) is 5.78 Å². The number of anilines is 1. The average molecular weight is 300 g/mol. The smallest absolute Gasteiger partial charge is 0.321 e. The van der Waals surface area contributed by atoms with Gasteiger partial charge in [-0.2, -0.15) is 5.10 Å². The Labute approximate surface area is 129 Å². The lowest BCUT2D eigenvalue weighted by Gasteiger charge is -2.17. The van der Waals surface area contributed by atoms with Crippen LogP contribution in [0.3, 0.4) is 0 Å². The number of benzene rings is 1. The highest BCUT2D eigenvalue weighted by atomic mass is 16.2. The van der Waals surface area contributed by atoms with E-state index >= 15 is 0 Å². The highest BCUT2D eigenvalue weighted by Crippen LogP contribution is 2.13. The van der Waals surface area contributed by atoms with Gasteiger partial charge in [-0.25, -0.2) is 4.79 Å². The van der Waals surface area contributed by atoms with Crippen LogP contribution in [-0.2, 0) is 13.6 Å². The van der Waals surface area contributed by atoms with Gasteiger partial charge in [0.2, 0.25) is 0 Å². The molecule has 116 valence electrons. The summed E-state index contributed by atoms with van der Waals surface area (Å²) >= 11 is 0. The summed E-state index contributed by atoms with van der Waals surface area (Å²) in [6.45, 7) is 3.88. The Morgan fingerprint density at radius 2 is 2.09 bits per heavy atom. The zero-order valence-corrected chi connectivity index (χ0v) is 13.3. The normalized spacial score (nSPS) is 10.4. The molecule has 1 heterocycles. The van der Waals surface area contributed by atoms with E-state index in [2.05, 4.69) is 10.4 Å². The zero-order chi connectivity index (χ0) is 16.3. The maximum atomic E-state index is 12.2. The van der Waals surface area contributed by atoms with E-state index in [1.807, 2.05) is 20.2 Å². The van der Waals surface area contributed by atoms with Crippen molar-refractivity contribution in [1.82, 2.24) is 14.7 Å². The molecule has 6 nitrogen and oxygen atoms in total. The molecule has 0 bridgehead atoms. The molecule has 0 fully saturated rings. The van der Waals surface area contributed by atoms with Gasteiger partial charge < -0.3 is 10.2 Å². The molecule has 1 aromatic carbocycles. The lowest BCUT2D eigenvalue weighted by atomic mass is 10.1. The standard InChI is InChI=1S/C16H20N4O2/c1-11-14(10-20(4)18-11)9-19(3)16(22)17-15-7-5-6-13(8-15)12(2)21/h5-8,10H,9H2,1-4H3,(H,17,22). The van der Waals surface area contributed by atoms with Gasteiger partial charge >= 0.3 is 6.03 Å². The van der Waals surface area contributed by atoms with Crippen molar-refractivity contribution in [3.8, 4) is 0 Å². The van der Waals surface area contributed by atoms with Crippen LogP contribution in [0, 0.1) is 6.92 Å². The number of ketones is 1. The molecule has 0 saturated heterocycles. The van der Waals surface area contributed by atoms with Crippen LogP contribution in [0.4, 0.5) is 10.5 Å². The third-order valence-electron chi connectivity index (χ3n) is 3.39. The minimum absolute atomic E-state index is 0.0320. The van der Waals surface area contributed by atoms with Gasteiger partial charge in [0, 0.05) is 37.1 Å². The number of hydrogen-bond acceptors (Lipinski definition) is 3. The van der Waals surface area contributed by atoms with Crippen LogP contribution >= 0.6 is 0 Å². The molecule has 0 aliphatic carbocycles. The number of hydrogen-bond donors (Lipinski definition) is 1. The molecular formula is C16H20N4O2. The maximum Gasteiger partial charge on any atom is 0.321 e. The van der Waals surface area contributed by atoms with E-state index < -0.39 is 0 Å². The molecule has 6 heteroatoms. The monoisotopic (exact) mass is 300 g/mol. The topological polar surface area (TPSA) is 67.2 Å². The number of urea groups is 1. The number of aryl methyl sites for hydroxylation is 2. The predicted molar refractivity (Wildman–Crippen MR) is 84.9 cm³/mol. The van der Waals surface area contributed by atoms with E-state index in [1.54, 1.807) is 40.9 Å². The van der Waals surface area contributed by atoms with Crippen LogP contribution in [0.1, 0.15) is 28.5 Å². The Kier molecular flexibility index (Phi) is 4.60. The number of carbonyl (C=O) groups is 2. The second-order valence-electron chi connectivity index (χ2n) is 5.34. The Morgan fingerprint density at radius 1 is 1.36 bits per heavy atom. The number of nitrogens with zero attached hydrogens (tertiary/aromatic N) is 3. The van der Waals surface area contributed by atoms with Crippen molar-refractivity contribution in [1.29, 1.82) is 0 Å². The molecule has 2 aromatic rings. The third-order valence-corrected chi connectivity index (χ3v) is 3.39. The molecular weight excluding hydrogens is 280 g/mol.